The molecule has 4 rings (SSSR count). The Morgan fingerprint density at radius 3 is 2.65 bits per heavy atom. The fraction of sp³-hybridized carbons (Fsp3) is 0.429. The van der Waals surface area contributed by atoms with Crippen LogP contribution >= 0.6 is 15.9 Å². The second-order valence-electron chi connectivity index (χ2n) is 9.29. The van der Waals surface area contributed by atoms with Gasteiger partial charge in [0.2, 0.25) is 0 Å². The molecule has 196 valence electrons. The zero-order valence-corrected chi connectivity index (χ0v) is 23.0. The molecule has 0 N–H and O–H groups in total. The van der Waals surface area contributed by atoms with Crippen LogP contribution in [0.5, 0.6) is 11.5 Å². The highest BCUT2D eigenvalue weighted by molar-refractivity contribution is 9.10. The zero-order valence-electron chi connectivity index (χ0n) is 21.4. The van der Waals surface area contributed by atoms with E-state index in [1.165, 1.54) is 11.1 Å². The van der Waals surface area contributed by atoms with Crippen molar-refractivity contribution in [1.29, 1.82) is 0 Å². The fourth-order valence-electron chi connectivity index (χ4n) is 4.45. The van der Waals surface area contributed by atoms with Crippen LogP contribution in [-0.2, 0) is 9.53 Å². The van der Waals surface area contributed by atoms with Gasteiger partial charge in [0.1, 0.15) is 5.82 Å². The van der Waals surface area contributed by atoms with Crippen molar-refractivity contribution in [3.8, 4) is 11.5 Å². The van der Waals surface area contributed by atoms with Gasteiger partial charge < -0.3 is 14.2 Å². The van der Waals surface area contributed by atoms with E-state index in [1.54, 1.807) is 44.3 Å². The van der Waals surface area contributed by atoms with Crippen molar-refractivity contribution in [1.82, 2.24) is 9.66 Å². The molecule has 0 saturated heterocycles. The first-order valence-corrected chi connectivity index (χ1v) is 13.5. The summed E-state index contributed by atoms with van der Waals surface area (Å²) in [6.45, 7) is 5.64. The maximum absolute atomic E-state index is 13.5. The molecule has 37 heavy (non-hydrogen) atoms. The van der Waals surface area contributed by atoms with Crippen molar-refractivity contribution in [2.24, 2.45) is 5.10 Å². The van der Waals surface area contributed by atoms with Gasteiger partial charge in [0, 0.05) is 10.4 Å². The number of nitrogens with zero attached hydrogens (tertiary/aromatic N) is 3. The number of fused-ring (bicyclic) bond motifs is 1. The van der Waals surface area contributed by atoms with Crippen molar-refractivity contribution in [3.05, 3.63) is 62.6 Å². The Morgan fingerprint density at radius 1 is 1.14 bits per heavy atom. The third-order valence-corrected chi connectivity index (χ3v) is 6.60. The number of carbonyl (C=O) groups is 1. The minimum Gasteiger partial charge on any atom is -0.490 e. The van der Waals surface area contributed by atoms with Gasteiger partial charge in [0.15, 0.2) is 18.1 Å². The lowest BCUT2D eigenvalue weighted by Crippen LogP contribution is -2.25. The van der Waals surface area contributed by atoms with Crippen LogP contribution in [0.25, 0.3) is 10.9 Å². The highest BCUT2D eigenvalue weighted by Crippen LogP contribution is 2.32. The highest BCUT2D eigenvalue weighted by atomic mass is 79.9. The lowest BCUT2D eigenvalue weighted by atomic mass is 9.88. The van der Waals surface area contributed by atoms with Crippen molar-refractivity contribution in [2.45, 2.75) is 64.9 Å². The molecule has 1 aromatic heterocycles. The maximum Gasteiger partial charge on any atom is 0.344 e. The summed E-state index contributed by atoms with van der Waals surface area (Å²) in [6.07, 6.45) is 6.83. The number of rotatable bonds is 9. The van der Waals surface area contributed by atoms with Gasteiger partial charge in [-0.15, -0.1) is 0 Å². The first-order chi connectivity index (χ1) is 17.9. The molecule has 0 radical (unpaired) electrons. The average molecular weight is 570 g/mol. The largest absolute Gasteiger partial charge is 0.490 e. The van der Waals surface area contributed by atoms with E-state index in [2.05, 4.69) is 21.0 Å². The molecule has 0 unspecified atom stereocenters. The summed E-state index contributed by atoms with van der Waals surface area (Å²) >= 11 is 3.46. The third-order valence-electron chi connectivity index (χ3n) is 6.11. The second-order valence-corrected chi connectivity index (χ2v) is 10.2. The van der Waals surface area contributed by atoms with Crippen LogP contribution in [0.1, 0.15) is 70.2 Å². The van der Waals surface area contributed by atoms with Crippen LogP contribution in [0.2, 0.25) is 0 Å². The number of benzene rings is 2. The molecule has 3 aromatic rings. The molecule has 9 heteroatoms. The molecule has 2 aromatic carbocycles. The Hall–Kier alpha value is -3.20. The van der Waals surface area contributed by atoms with Gasteiger partial charge in [-0.25, -0.2) is 9.78 Å². The quantitative estimate of drug-likeness (QED) is 0.238. The van der Waals surface area contributed by atoms with Gasteiger partial charge in [0.05, 0.1) is 29.8 Å². The number of halogens is 1. The highest BCUT2D eigenvalue weighted by Gasteiger charge is 2.22. The summed E-state index contributed by atoms with van der Waals surface area (Å²) in [6, 6.07) is 10.8. The summed E-state index contributed by atoms with van der Waals surface area (Å²) < 4.78 is 18.7. The molecule has 1 heterocycles. The lowest BCUT2D eigenvalue weighted by Gasteiger charge is -2.22. The van der Waals surface area contributed by atoms with Gasteiger partial charge in [-0.2, -0.15) is 9.78 Å². The van der Waals surface area contributed by atoms with Crippen LogP contribution < -0.4 is 15.0 Å². The molecular weight excluding hydrogens is 538 g/mol. The predicted molar refractivity (Wildman–Crippen MR) is 147 cm³/mol. The number of hydrogen-bond donors (Lipinski definition) is 0. The molecule has 0 aliphatic heterocycles. The van der Waals surface area contributed by atoms with E-state index in [9.17, 15) is 9.59 Å². The number of carbonyl (C=O) groups excluding carboxylic acids is 1. The molecule has 1 saturated carbocycles. The minimum absolute atomic E-state index is 0.187. The van der Waals surface area contributed by atoms with E-state index < -0.39 is 5.97 Å². The van der Waals surface area contributed by atoms with E-state index in [0.29, 0.717) is 34.8 Å². The Morgan fingerprint density at radius 2 is 1.92 bits per heavy atom. The molecule has 0 bridgehead atoms. The summed E-state index contributed by atoms with van der Waals surface area (Å²) in [4.78, 5) is 30.3. The number of esters is 1. The van der Waals surface area contributed by atoms with E-state index in [-0.39, 0.29) is 24.2 Å². The number of hydrogen-bond acceptors (Lipinski definition) is 7. The monoisotopic (exact) mass is 569 g/mol. The Kier molecular flexibility index (Phi) is 8.97. The summed E-state index contributed by atoms with van der Waals surface area (Å²) in [5.41, 5.74) is 1.20. The molecule has 0 amide bonds. The zero-order chi connectivity index (χ0) is 26.4. The standard InChI is InChI=1S/C28H32BrN3O5/c1-4-35-25-14-19(10-13-24(25)36-17-26(33)37-18(2)3)16-30-32-27(20-8-6-5-7-9-20)31-23-12-11-21(29)15-22(23)28(32)34/h10-16,18,20H,4-9,17H2,1-3H3. The molecular formula is C28H32BrN3O5. The van der Waals surface area contributed by atoms with Crippen molar-refractivity contribution < 1.29 is 19.0 Å². The lowest BCUT2D eigenvalue weighted by molar-refractivity contribution is -0.149. The van der Waals surface area contributed by atoms with E-state index in [4.69, 9.17) is 19.2 Å². The van der Waals surface area contributed by atoms with Gasteiger partial charge in [-0.05, 0) is 75.6 Å². The van der Waals surface area contributed by atoms with E-state index in [0.717, 1.165) is 35.7 Å². The molecule has 1 aliphatic carbocycles. The molecule has 8 nitrogen and oxygen atoms in total. The second kappa shape index (κ2) is 12.4. The SMILES string of the molecule is CCOc1cc(C=Nn2c(C3CCCCC3)nc3ccc(Br)cc3c2=O)ccc1OCC(=O)OC(C)C. The minimum atomic E-state index is -0.451. The van der Waals surface area contributed by atoms with E-state index in [1.807, 2.05) is 19.1 Å². The van der Waals surface area contributed by atoms with Crippen LogP contribution in [0.15, 0.2) is 50.8 Å². The molecule has 1 aliphatic rings. The first kappa shape index (κ1) is 26.9. The average Bonchev–Trinajstić information content (AvgIpc) is 2.88. The molecule has 0 spiro atoms. The Labute approximate surface area is 224 Å². The normalized spacial score (nSPS) is 14.4. The van der Waals surface area contributed by atoms with Crippen LogP contribution in [-0.4, -0.2) is 41.2 Å². The summed E-state index contributed by atoms with van der Waals surface area (Å²) in [5.74, 6) is 1.34. The Balaban J connectivity index is 1.66. The number of ether oxygens (including phenoxy) is 3. The fourth-order valence-corrected chi connectivity index (χ4v) is 4.81. The van der Waals surface area contributed by atoms with Crippen molar-refractivity contribution >= 4 is 39.0 Å². The summed E-state index contributed by atoms with van der Waals surface area (Å²) in [7, 11) is 0. The van der Waals surface area contributed by atoms with Crippen LogP contribution in [0, 0.1) is 0 Å². The first-order valence-electron chi connectivity index (χ1n) is 12.7. The maximum atomic E-state index is 13.5. The molecule has 0 atom stereocenters. The third kappa shape index (κ3) is 6.77. The van der Waals surface area contributed by atoms with Crippen LogP contribution in [0.3, 0.4) is 0 Å². The van der Waals surface area contributed by atoms with Gasteiger partial charge in [-0.1, -0.05) is 35.2 Å². The smallest absolute Gasteiger partial charge is 0.344 e. The van der Waals surface area contributed by atoms with Gasteiger partial charge in [-0.3, -0.25) is 4.79 Å². The van der Waals surface area contributed by atoms with Gasteiger partial charge in [0.25, 0.3) is 5.56 Å². The van der Waals surface area contributed by atoms with E-state index >= 15 is 0 Å². The number of aromatic nitrogens is 2. The summed E-state index contributed by atoms with van der Waals surface area (Å²) in [5, 5.41) is 5.11. The van der Waals surface area contributed by atoms with Gasteiger partial charge >= 0.3 is 5.97 Å². The molecule has 1 fully saturated rings. The topological polar surface area (TPSA) is 92.0 Å². The van der Waals surface area contributed by atoms with Crippen molar-refractivity contribution in [3.63, 3.8) is 0 Å². The van der Waals surface area contributed by atoms with Crippen LogP contribution in [0.4, 0.5) is 0 Å². The van der Waals surface area contributed by atoms with Crippen molar-refractivity contribution in [2.75, 3.05) is 13.2 Å². The predicted octanol–water partition coefficient (Wildman–Crippen LogP) is 5.82. The Bertz CT molecular complexity index is 1350.